The van der Waals surface area contributed by atoms with Crippen molar-refractivity contribution in [3.8, 4) is 5.69 Å². The van der Waals surface area contributed by atoms with Crippen LogP contribution in [0.25, 0.3) is 5.69 Å². The largest absolute Gasteiger partial charge is 0.317 e. The molecule has 4 nitrogen and oxygen atoms in total. The van der Waals surface area contributed by atoms with Crippen LogP contribution in [0.15, 0.2) is 64.2 Å². The summed E-state index contributed by atoms with van der Waals surface area (Å²) in [5, 5.41) is 4.13. The molecule has 1 aromatic heterocycles. The predicted molar refractivity (Wildman–Crippen MR) is 117 cm³/mol. The summed E-state index contributed by atoms with van der Waals surface area (Å²) in [6.07, 6.45) is 1.68. The Hall–Kier alpha value is -1.93. The molecule has 0 aliphatic rings. The van der Waals surface area contributed by atoms with Crippen molar-refractivity contribution in [3.63, 3.8) is 0 Å². The van der Waals surface area contributed by atoms with Crippen LogP contribution in [-0.4, -0.2) is 16.7 Å². The van der Waals surface area contributed by atoms with Gasteiger partial charge in [-0.3, -0.25) is 4.79 Å². The third-order valence-electron chi connectivity index (χ3n) is 4.05. The lowest BCUT2D eigenvalue weighted by Gasteiger charge is -2.11. The molecule has 0 atom stereocenters. The summed E-state index contributed by atoms with van der Waals surface area (Å²) in [5.41, 5.74) is 7.43. The van der Waals surface area contributed by atoms with Crippen molar-refractivity contribution in [1.82, 2.24) is 9.99 Å². The van der Waals surface area contributed by atoms with Gasteiger partial charge in [0.25, 0.3) is 5.91 Å². The lowest BCUT2D eigenvalue weighted by Crippen LogP contribution is -2.18. The second kappa shape index (κ2) is 8.18. The van der Waals surface area contributed by atoms with Gasteiger partial charge in [0.1, 0.15) is 0 Å². The molecule has 1 N–H and O–H groups in total. The zero-order valence-electron chi connectivity index (χ0n) is 14.3. The molecule has 0 unspecified atom stereocenters. The maximum atomic E-state index is 12.2. The number of rotatable bonds is 4. The summed E-state index contributed by atoms with van der Waals surface area (Å²) in [4.78, 5) is 12.2. The molecule has 2 aromatic carbocycles. The smallest absolute Gasteiger partial charge is 0.272 e. The molecule has 3 rings (SSSR count). The van der Waals surface area contributed by atoms with E-state index in [0.29, 0.717) is 5.56 Å². The first-order valence-corrected chi connectivity index (χ1v) is 9.88. The average molecular weight is 522 g/mol. The summed E-state index contributed by atoms with van der Waals surface area (Å²) in [6.45, 7) is 4.11. The number of hydrogen-bond donors (Lipinski definition) is 1. The molecule has 1 amide bonds. The van der Waals surface area contributed by atoms with Gasteiger partial charge in [-0.2, -0.15) is 5.10 Å². The van der Waals surface area contributed by atoms with Gasteiger partial charge in [0.15, 0.2) is 0 Å². The number of hydrogen-bond acceptors (Lipinski definition) is 2. The van der Waals surface area contributed by atoms with Gasteiger partial charge in [-0.05, 0) is 82.7 Å². The SMILES string of the molecule is Cc1cc(/C=N\NC(=O)c2ccccc2Br)c(C)n1-c1ccccc1I. The van der Waals surface area contributed by atoms with E-state index in [1.807, 2.05) is 37.3 Å². The number of nitrogens with one attached hydrogen (secondary N) is 1. The maximum Gasteiger partial charge on any atom is 0.272 e. The summed E-state index contributed by atoms with van der Waals surface area (Å²) in [5.74, 6) is -0.250. The van der Waals surface area contributed by atoms with E-state index in [9.17, 15) is 4.79 Å². The van der Waals surface area contributed by atoms with E-state index in [1.165, 1.54) is 3.57 Å². The van der Waals surface area contributed by atoms with E-state index in [1.54, 1.807) is 12.3 Å². The molecule has 0 aliphatic heterocycles. The van der Waals surface area contributed by atoms with Gasteiger partial charge in [0.2, 0.25) is 0 Å². The number of nitrogens with zero attached hydrogens (tertiary/aromatic N) is 2. The molecule has 132 valence electrons. The lowest BCUT2D eigenvalue weighted by atomic mass is 10.2. The predicted octanol–water partition coefficient (Wildman–Crippen LogP) is 5.23. The van der Waals surface area contributed by atoms with Crippen LogP contribution in [0.1, 0.15) is 27.3 Å². The van der Waals surface area contributed by atoms with Gasteiger partial charge in [-0.15, -0.1) is 0 Å². The van der Waals surface area contributed by atoms with Crippen LogP contribution in [0.3, 0.4) is 0 Å². The second-order valence-corrected chi connectivity index (χ2v) is 7.81. The monoisotopic (exact) mass is 521 g/mol. The number of para-hydroxylation sites is 1. The van der Waals surface area contributed by atoms with Crippen LogP contribution in [0.4, 0.5) is 0 Å². The Bertz CT molecular complexity index is 994. The molecular formula is C20H17BrIN3O. The van der Waals surface area contributed by atoms with Gasteiger partial charge in [-0.25, -0.2) is 5.43 Å². The third-order valence-corrected chi connectivity index (χ3v) is 5.66. The first-order valence-electron chi connectivity index (χ1n) is 8.01. The van der Waals surface area contributed by atoms with Crippen LogP contribution in [0.5, 0.6) is 0 Å². The van der Waals surface area contributed by atoms with Gasteiger partial charge in [-0.1, -0.05) is 24.3 Å². The first-order chi connectivity index (χ1) is 12.5. The summed E-state index contributed by atoms with van der Waals surface area (Å²) in [7, 11) is 0. The van der Waals surface area contributed by atoms with E-state index in [-0.39, 0.29) is 5.91 Å². The molecule has 0 spiro atoms. The van der Waals surface area contributed by atoms with Crippen LogP contribution < -0.4 is 5.43 Å². The maximum absolute atomic E-state index is 12.2. The minimum Gasteiger partial charge on any atom is -0.317 e. The number of hydrazone groups is 1. The summed E-state index contributed by atoms with van der Waals surface area (Å²) in [6, 6.07) is 17.6. The Morgan fingerprint density at radius 2 is 1.85 bits per heavy atom. The summed E-state index contributed by atoms with van der Waals surface area (Å²) < 4.78 is 4.11. The molecule has 0 saturated heterocycles. The number of aromatic nitrogens is 1. The highest BCUT2D eigenvalue weighted by molar-refractivity contribution is 14.1. The minimum atomic E-state index is -0.250. The number of carbonyl (C=O) groups excluding carboxylic acids is 1. The highest BCUT2D eigenvalue weighted by Crippen LogP contribution is 2.23. The van der Waals surface area contributed by atoms with Crippen LogP contribution in [-0.2, 0) is 0 Å². The molecule has 6 heteroatoms. The molecule has 3 aromatic rings. The zero-order chi connectivity index (χ0) is 18.7. The van der Waals surface area contributed by atoms with Crippen molar-refractivity contribution in [1.29, 1.82) is 0 Å². The van der Waals surface area contributed by atoms with Gasteiger partial charge < -0.3 is 4.57 Å². The third kappa shape index (κ3) is 3.91. The number of aryl methyl sites for hydroxylation is 1. The Morgan fingerprint density at radius 1 is 1.15 bits per heavy atom. The van der Waals surface area contributed by atoms with E-state index < -0.39 is 0 Å². The van der Waals surface area contributed by atoms with E-state index in [0.717, 1.165) is 27.1 Å². The molecule has 0 radical (unpaired) electrons. The fourth-order valence-corrected chi connectivity index (χ4v) is 3.88. The molecule has 0 saturated carbocycles. The topological polar surface area (TPSA) is 46.4 Å². The van der Waals surface area contributed by atoms with Crippen molar-refractivity contribution in [2.45, 2.75) is 13.8 Å². The van der Waals surface area contributed by atoms with E-state index >= 15 is 0 Å². The number of carbonyl (C=O) groups is 1. The van der Waals surface area contributed by atoms with Gasteiger partial charge in [0, 0.05) is 25.0 Å². The Kier molecular flexibility index (Phi) is 5.93. The highest BCUT2D eigenvalue weighted by Gasteiger charge is 2.12. The Balaban J connectivity index is 1.82. The Morgan fingerprint density at radius 3 is 2.58 bits per heavy atom. The van der Waals surface area contributed by atoms with Gasteiger partial charge in [0.05, 0.1) is 17.5 Å². The molecule has 1 heterocycles. The summed E-state index contributed by atoms with van der Waals surface area (Å²) >= 11 is 5.71. The van der Waals surface area contributed by atoms with Crippen LogP contribution in [0.2, 0.25) is 0 Å². The molecular weight excluding hydrogens is 505 g/mol. The van der Waals surface area contributed by atoms with Crippen molar-refractivity contribution in [3.05, 3.63) is 85.2 Å². The van der Waals surface area contributed by atoms with E-state index in [4.69, 9.17) is 0 Å². The quantitative estimate of drug-likeness (QED) is 0.285. The van der Waals surface area contributed by atoms with Crippen LogP contribution >= 0.6 is 38.5 Å². The van der Waals surface area contributed by atoms with Gasteiger partial charge >= 0.3 is 0 Å². The highest BCUT2D eigenvalue weighted by atomic mass is 127. The van der Waals surface area contributed by atoms with Crippen molar-refractivity contribution < 1.29 is 4.79 Å². The zero-order valence-corrected chi connectivity index (χ0v) is 18.1. The number of halogens is 2. The van der Waals surface area contributed by atoms with E-state index in [2.05, 4.69) is 78.7 Å². The Labute approximate surface area is 174 Å². The minimum absolute atomic E-state index is 0.250. The fourth-order valence-electron chi connectivity index (χ4n) is 2.79. The normalized spacial score (nSPS) is 11.1. The molecule has 0 fully saturated rings. The fraction of sp³-hybridized carbons (Fsp3) is 0.100. The molecule has 0 aliphatic carbocycles. The number of benzene rings is 2. The van der Waals surface area contributed by atoms with Crippen LogP contribution in [0, 0.1) is 17.4 Å². The lowest BCUT2D eigenvalue weighted by molar-refractivity contribution is 0.0954. The number of amides is 1. The second-order valence-electron chi connectivity index (χ2n) is 5.79. The van der Waals surface area contributed by atoms with Crippen molar-refractivity contribution >= 4 is 50.6 Å². The average Bonchev–Trinajstić information content (AvgIpc) is 2.90. The van der Waals surface area contributed by atoms with Crippen molar-refractivity contribution in [2.24, 2.45) is 5.10 Å². The molecule has 26 heavy (non-hydrogen) atoms. The molecule has 0 bridgehead atoms. The first kappa shape index (κ1) is 18.8. The van der Waals surface area contributed by atoms with Crippen molar-refractivity contribution in [2.75, 3.05) is 0 Å². The standard InChI is InChI=1S/C20H17BrIN3O/c1-13-11-15(14(2)25(13)19-10-6-5-9-18(19)22)12-23-24-20(26)16-7-3-4-8-17(16)21/h3-12H,1-2H3,(H,24,26)/b23-12-.